The lowest BCUT2D eigenvalue weighted by molar-refractivity contribution is -0.128. The molecule has 2 heterocycles. The molecule has 1 atom stereocenters. The molecule has 0 aliphatic carbocycles. The van der Waals surface area contributed by atoms with Crippen LogP contribution in [0.25, 0.3) is 0 Å². The van der Waals surface area contributed by atoms with Gasteiger partial charge in [-0.1, -0.05) is 0 Å². The highest BCUT2D eigenvalue weighted by Crippen LogP contribution is 2.00. The average molecular weight is 319 g/mol. The first kappa shape index (κ1) is 16.7. The SMILES string of the molecule is NCCC(=O)NC(Cc1cnc[nH]1)C(=O)NCCc1cnc[nH]1. The van der Waals surface area contributed by atoms with Crippen LogP contribution in [0.5, 0.6) is 0 Å². The number of aromatic amines is 2. The van der Waals surface area contributed by atoms with Crippen LogP contribution in [0.15, 0.2) is 25.0 Å². The lowest BCUT2D eigenvalue weighted by Gasteiger charge is -2.17. The van der Waals surface area contributed by atoms with Gasteiger partial charge < -0.3 is 26.3 Å². The van der Waals surface area contributed by atoms with Gasteiger partial charge in [-0.3, -0.25) is 9.59 Å². The summed E-state index contributed by atoms with van der Waals surface area (Å²) >= 11 is 0. The lowest BCUT2D eigenvalue weighted by atomic mass is 10.1. The number of hydrogen-bond acceptors (Lipinski definition) is 5. The van der Waals surface area contributed by atoms with Crippen molar-refractivity contribution in [1.82, 2.24) is 30.6 Å². The Morgan fingerprint density at radius 2 is 1.87 bits per heavy atom. The number of imidazole rings is 2. The molecule has 2 rings (SSSR count). The number of nitrogens with one attached hydrogen (secondary N) is 4. The maximum absolute atomic E-state index is 12.3. The van der Waals surface area contributed by atoms with Gasteiger partial charge in [0.1, 0.15) is 6.04 Å². The normalized spacial score (nSPS) is 11.9. The van der Waals surface area contributed by atoms with E-state index in [9.17, 15) is 9.59 Å². The van der Waals surface area contributed by atoms with Gasteiger partial charge in [0, 0.05) is 56.1 Å². The average Bonchev–Trinajstić information content (AvgIpc) is 3.20. The number of amides is 2. The van der Waals surface area contributed by atoms with Crippen LogP contribution in [0.1, 0.15) is 17.8 Å². The fraction of sp³-hybridized carbons (Fsp3) is 0.429. The van der Waals surface area contributed by atoms with Crippen molar-refractivity contribution < 1.29 is 9.59 Å². The Hall–Kier alpha value is -2.68. The fourth-order valence-electron chi connectivity index (χ4n) is 2.09. The van der Waals surface area contributed by atoms with Crippen LogP contribution in [-0.2, 0) is 22.4 Å². The maximum atomic E-state index is 12.3. The van der Waals surface area contributed by atoms with E-state index >= 15 is 0 Å². The van der Waals surface area contributed by atoms with E-state index in [4.69, 9.17) is 5.73 Å². The zero-order valence-corrected chi connectivity index (χ0v) is 12.7. The summed E-state index contributed by atoms with van der Waals surface area (Å²) in [5, 5.41) is 5.51. The molecule has 0 aliphatic heterocycles. The fourth-order valence-corrected chi connectivity index (χ4v) is 2.09. The molecular formula is C14H21N7O2. The number of nitrogens with two attached hydrogens (primary N) is 1. The minimum absolute atomic E-state index is 0.181. The molecule has 2 aromatic heterocycles. The first-order chi connectivity index (χ1) is 11.2. The highest BCUT2D eigenvalue weighted by molar-refractivity contribution is 5.87. The van der Waals surface area contributed by atoms with Gasteiger partial charge in [-0.05, 0) is 0 Å². The van der Waals surface area contributed by atoms with Crippen LogP contribution in [0, 0.1) is 0 Å². The molecule has 1 unspecified atom stereocenters. The van der Waals surface area contributed by atoms with Crippen molar-refractivity contribution in [2.75, 3.05) is 13.1 Å². The summed E-state index contributed by atoms with van der Waals surface area (Å²) in [6.45, 7) is 0.692. The summed E-state index contributed by atoms with van der Waals surface area (Å²) in [5.74, 6) is -0.495. The molecule has 0 aromatic carbocycles. The summed E-state index contributed by atoms with van der Waals surface area (Å²) in [6.07, 6.45) is 7.61. The molecule has 2 amide bonds. The third-order valence-corrected chi connectivity index (χ3v) is 3.25. The van der Waals surface area contributed by atoms with Crippen LogP contribution in [-0.4, -0.2) is 50.9 Å². The van der Waals surface area contributed by atoms with E-state index in [-0.39, 0.29) is 24.8 Å². The standard InChI is InChI=1S/C14H21N7O2/c15-3-1-13(22)21-12(5-11-7-17-9-20-11)14(23)18-4-2-10-6-16-8-19-10/h6-9,12H,1-5,15H2,(H,16,19)(H,17,20)(H,18,23)(H,21,22). The Labute approximate surface area is 133 Å². The van der Waals surface area contributed by atoms with Crippen LogP contribution < -0.4 is 16.4 Å². The molecular weight excluding hydrogens is 298 g/mol. The lowest BCUT2D eigenvalue weighted by Crippen LogP contribution is -2.48. The number of carbonyl (C=O) groups is 2. The second-order valence-electron chi connectivity index (χ2n) is 5.06. The highest BCUT2D eigenvalue weighted by atomic mass is 16.2. The van der Waals surface area contributed by atoms with Crippen LogP contribution >= 0.6 is 0 Å². The van der Waals surface area contributed by atoms with Crippen molar-refractivity contribution in [2.45, 2.75) is 25.3 Å². The highest BCUT2D eigenvalue weighted by Gasteiger charge is 2.21. The molecule has 9 nitrogen and oxygen atoms in total. The van der Waals surface area contributed by atoms with Crippen LogP contribution in [0.4, 0.5) is 0 Å². The van der Waals surface area contributed by atoms with Crippen molar-refractivity contribution >= 4 is 11.8 Å². The Kier molecular flexibility index (Phi) is 6.30. The number of aromatic nitrogens is 4. The molecule has 23 heavy (non-hydrogen) atoms. The van der Waals surface area contributed by atoms with E-state index in [2.05, 4.69) is 30.6 Å². The molecule has 9 heteroatoms. The van der Waals surface area contributed by atoms with E-state index < -0.39 is 6.04 Å². The summed E-state index contributed by atoms with van der Waals surface area (Å²) < 4.78 is 0. The van der Waals surface area contributed by atoms with E-state index in [1.165, 1.54) is 6.33 Å². The molecule has 0 aliphatic rings. The molecule has 0 radical (unpaired) electrons. The predicted octanol–water partition coefficient (Wildman–Crippen LogP) is -1.13. The number of rotatable bonds is 9. The minimum Gasteiger partial charge on any atom is -0.354 e. The monoisotopic (exact) mass is 319 g/mol. The number of nitrogens with zero attached hydrogens (tertiary/aromatic N) is 2. The minimum atomic E-state index is -0.670. The third kappa shape index (κ3) is 5.55. The molecule has 0 saturated heterocycles. The Bertz CT molecular complexity index is 595. The molecule has 2 aromatic rings. The molecule has 0 bridgehead atoms. The van der Waals surface area contributed by atoms with Crippen molar-refractivity contribution in [3.05, 3.63) is 36.4 Å². The Balaban J connectivity index is 1.88. The number of H-pyrrole nitrogens is 2. The first-order valence-electron chi connectivity index (χ1n) is 7.40. The number of hydrogen-bond donors (Lipinski definition) is 5. The van der Waals surface area contributed by atoms with Crippen molar-refractivity contribution in [1.29, 1.82) is 0 Å². The van der Waals surface area contributed by atoms with Crippen LogP contribution in [0.3, 0.4) is 0 Å². The Morgan fingerprint density at radius 1 is 1.17 bits per heavy atom. The largest absolute Gasteiger partial charge is 0.354 e. The predicted molar refractivity (Wildman–Crippen MR) is 83.2 cm³/mol. The summed E-state index contributed by atoms with van der Waals surface area (Å²) in [4.78, 5) is 37.8. The van der Waals surface area contributed by atoms with Crippen molar-refractivity contribution in [2.24, 2.45) is 5.73 Å². The van der Waals surface area contributed by atoms with Crippen molar-refractivity contribution in [3.63, 3.8) is 0 Å². The van der Waals surface area contributed by atoms with Gasteiger partial charge in [-0.25, -0.2) is 9.97 Å². The second kappa shape index (κ2) is 8.69. The quantitative estimate of drug-likeness (QED) is 0.397. The third-order valence-electron chi connectivity index (χ3n) is 3.25. The van der Waals surface area contributed by atoms with E-state index in [1.807, 2.05) is 0 Å². The summed E-state index contributed by atoms with van der Waals surface area (Å²) in [7, 11) is 0. The second-order valence-corrected chi connectivity index (χ2v) is 5.06. The van der Waals surface area contributed by atoms with Gasteiger partial charge in [-0.15, -0.1) is 0 Å². The maximum Gasteiger partial charge on any atom is 0.242 e. The topological polar surface area (TPSA) is 142 Å². The van der Waals surface area contributed by atoms with Gasteiger partial charge in [-0.2, -0.15) is 0 Å². The molecule has 0 fully saturated rings. The van der Waals surface area contributed by atoms with Gasteiger partial charge in [0.05, 0.1) is 12.7 Å². The van der Waals surface area contributed by atoms with Crippen molar-refractivity contribution in [3.8, 4) is 0 Å². The zero-order valence-electron chi connectivity index (χ0n) is 12.7. The molecule has 6 N–H and O–H groups in total. The van der Waals surface area contributed by atoms with E-state index in [1.54, 1.807) is 18.7 Å². The smallest absolute Gasteiger partial charge is 0.242 e. The molecule has 0 saturated carbocycles. The summed E-state index contributed by atoms with van der Waals surface area (Å²) in [6, 6.07) is -0.670. The summed E-state index contributed by atoms with van der Waals surface area (Å²) in [5.41, 5.74) is 7.07. The van der Waals surface area contributed by atoms with Gasteiger partial charge in [0.2, 0.25) is 11.8 Å². The van der Waals surface area contributed by atoms with Gasteiger partial charge >= 0.3 is 0 Å². The zero-order chi connectivity index (χ0) is 16.5. The van der Waals surface area contributed by atoms with Crippen LogP contribution in [0.2, 0.25) is 0 Å². The van der Waals surface area contributed by atoms with E-state index in [0.717, 1.165) is 11.4 Å². The van der Waals surface area contributed by atoms with Gasteiger partial charge in [0.25, 0.3) is 0 Å². The Morgan fingerprint density at radius 3 is 2.48 bits per heavy atom. The molecule has 0 spiro atoms. The first-order valence-corrected chi connectivity index (χ1v) is 7.40. The van der Waals surface area contributed by atoms with Gasteiger partial charge in [0.15, 0.2) is 0 Å². The number of carbonyl (C=O) groups excluding carboxylic acids is 2. The van der Waals surface area contributed by atoms with E-state index in [0.29, 0.717) is 19.4 Å². The molecule has 124 valence electrons.